The molecule has 0 heterocycles. The van der Waals surface area contributed by atoms with Gasteiger partial charge in [-0.25, -0.2) is 0 Å². The molecule has 13 heavy (non-hydrogen) atoms. The van der Waals surface area contributed by atoms with Crippen LogP contribution in [0, 0.1) is 0 Å². The Bertz CT molecular complexity index is 205. The molecule has 0 saturated heterocycles. The Morgan fingerprint density at radius 3 is 2.08 bits per heavy atom. The van der Waals surface area contributed by atoms with E-state index in [4.69, 9.17) is 9.05 Å². The first kappa shape index (κ1) is 13.2. The summed E-state index contributed by atoms with van der Waals surface area (Å²) in [7, 11) is -3.01. The van der Waals surface area contributed by atoms with E-state index in [0.717, 1.165) is 0 Å². The maximum Gasteiger partial charge on any atom is 0.367 e. The minimum atomic E-state index is -3.01. The van der Waals surface area contributed by atoms with Crippen LogP contribution in [-0.2, 0) is 13.6 Å². The Balaban J connectivity index is 4.66. The van der Waals surface area contributed by atoms with Gasteiger partial charge < -0.3 is 9.05 Å². The third-order valence-electron chi connectivity index (χ3n) is 1.32. The van der Waals surface area contributed by atoms with Crippen LogP contribution in [-0.4, -0.2) is 19.5 Å². The van der Waals surface area contributed by atoms with Crippen LogP contribution >= 0.6 is 19.4 Å². The van der Waals surface area contributed by atoms with Gasteiger partial charge in [0.15, 0.2) is 0 Å². The van der Waals surface area contributed by atoms with Gasteiger partial charge in [0.05, 0.1) is 17.9 Å². The summed E-state index contributed by atoms with van der Waals surface area (Å²) in [6.45, 7) is 6.24. The molecule has 0 N–H and O–H groups in total. The fraction of sp³-hybridized carbons (Fsp3) is 0.750. The third kappa shape index (κ3) is 3.86. The van der Waals surface area contributed by atoms with Gasteiger partial charge in [0.2, 0.25) is 0 Å². The first-order valence-electron chi connectivity index (χ1n) is 4.24. The van der Waals surface area contributed by atoms with Crippen molar-refractivity contribution in [2.75, 3.05) is 19.5 Å². The summed E-state index contributed by atoms with van der Waals surface area (Å²) in [6.07, 6.45) is 3.64. The fourth-order valence-electron chi connectivity index (χ4n) is 0.892. The maximum atomic E-state index is 12.0. The molecule has 0 bridgehead atoms. The second kappa shape index (κ2) is 6.66. The average molecular weight is 224 g/mol. The monoisotopic (exact) mass is 224 g/mol. The van der Waals surface area contributed by atoms with E-state index >= 15 is 0 Å². The van der Waals surface area contributed by atoms with Crippen LogP contribution in [0.5, 0.6) is 0 Å². The fourth-order valence-corrected chi connectivity index (χ4v) is 3.66. The maximum absolute atomic E-state index is 12.0. The summed E-state index contributed by atoms with van der Waals surface area (Å²) in [4.78, 5) is 0. The van der Waals surface area contributed by atoms with Crippen molar-refractivity contribution in [2.24, 2.45) is 0 Å². The lowest BCUT2D eigenvalue weighted by Gasteiger charge is -2.17. The lowest BCUT2D eigenvalue weighted by molar-refractivity contribution is 0.228. The van der Waals surface area contributed by atoms with Gasteiger partial charge in [0.1, 0.15) is 0 Å². The summed E-state index contributed by atoms with van der Waals surface area (Å²) < 4.78 is 23.0. The SMILES string of the molecule is CC=C(SC)P(=O)(OCC)OCC. The van der Waals surface area contributed by atoms with Gasteiger partial charge in [-0.15, -0.1) is 11.8 Å². The summed E-state index contributed by atoms with van der Waals surface area (Å²) in [6, 6.07) is 0. The number of hydrogen-bond acceptors (Lipinski definition) is 4. The molecule has 0 amide bonds. The Hall–Kier alpha value is 0.240. The van der Waals surface area contributed by atoms with Crippen molar-refractivity contribution >= 4 is 19.4 Å². The van der Waals surface area contributed by atoms with Gasteiger partial charge >= 0.3 is 7.60 Å². The predicted octanol–water partition coefficient (Wildman–Crippen LogP) is 3.48. The number of rotatable bonds is 6. The normalized spacial score (nSPS) is 13.4. The molecule has 0 aromatic carbocycles. The van der Waals surface area contributed by atoms with Crippen LogP contribution in [0.2, 0.25) is 0 Å². The molecule has 0 atom stereocenters. The van der Waals surface area contributed by atoms with Gasteiger partial charge in [0.25, 0.3) is 0 Å². The van der Waals surface area contributed by atoms with E-state index in [9.17, 15) is 4.57 Å². The summed E-state index contributed by atoms with van der Waals surface area (Å²) in [5.41, 5.74) is 0. The smallest absolute Gasteiger partial charge is 0.305 e. The van der Waals surface area contributed by atoms with E-state index in [1.54, 1.807) is 19.9 Å². The van der Waals surface area contributed by atoms with E-state index in [-0.39, 0.29) is 0 Å². The molecule has 0 saturated carbocycles. The van der Waals surface area contributed by atoms with Crippen LogP contribution in [0.25, 0.3) is 0 Å². The highest BCUT2D eigenvalue weighted by molar-refractivity contribution is 8.09. The van der Waals surface area contributed by atoms with E-state index in [1.165, 1.54) is 11.8 Å². The van der Waals surface area contributed by atoms with E-state index < -0.39 is 7.60 Å². The summed E-state index contributed by atoms with van der Waals surface area (Å²) >= 11 is 1.40. The summed E-state index contributed by atoms with van der Waals surface area (Å²) in [5.74, 6) is 0. The second-order valence-electron chi connectivity index (χ2n) is 2.16. The van der Waals surface area contributed by atoms with Crippen LogP contribution in [0.1, 0.15) is 20.8 Å². The van der Waals surface area contributed by atoms with Crippen LogP contribution < -0.4 is 0 Å². The van der Waals surface area contributed by atoms with Crippen LogP contribution in [0.4, 0.5) is 0 Å². The van der Waals surface area contributed by atoms with Crippen molar-refractivity contribution in [3.05, 3.63) is 10.7 Å². The number of hydrogen-bond donors (Lipinski definition) is 0. The highest BCUT2D eigenvalue weighted by Gasteiger charge is 2.28. The minimum Gasteiger partial charge on any atom is -0.305 e. The molecule has 0 spiro atoms. The number of thioether (sulfide) groups is 1. The molecular weight excluding hydrogens is 207 g/mol. The van der Waals surface area contributed by atoms with Crippen molar-refractivity contribution < 1.29 is 13.6 Å². The molecule has 0 radical (unpaired) electrons. The van der Waals surface area contributed by atoms with Crippen molar-refractivity contribution in [2.45, 2.75) is 20.8 Å². The van der Waals surface area contributed by atoms with Crippen LogP contribution in [0.15, 0.2) is 10.7 Å². The lowest BCUT2D eigenvalue weighted by atomic mass is 10.8. The van der Waals surface area contributed by atoms with Gasteiger partial charge in [-0.1, -0.05) is 6.08 Å². The standard InChI is InChI=1S/C8H17O3PS/c1-5-8(13-4)12(9,10-6-2)11-7-3/h5H,6-7H2,1-4H3. The molecule has 0 aromatic rings. The van der Waals surface area contributed by atoms with Crippen LogP contribution in [0.3, 0.4) is 0 Å². The van der Waals surface area contributed by atoms with Crippen molar-refractivity contribution in [1.29, 1.82) is 0 Å². The molecule has 0 aliphatic carbocycles. The van der Waals surface area contributed by atoms with Gasteiger partial charge in [0, 0.05) is 0 Å². The molecule has 0 aliphatic rings. The largest absolute Gasteiger partial charge is 0.367 e. The molecule has 0 aromatic heterocycles. The summed E-state index contributed by atoms with van der Waals surface area (Å²) in [5, 5.41) is 0. The molecule has 0 aliphatic heterocycles. The first-order valence-corrected chi connectivity index (χ1v) is 7.01. The van der Waals surface area contributed by atoms with Crippen molar-refractivity contribution in [1.82, 2.24) is 0 Å². The zero-order valence-corrected chi connectivity index (χ0v) is 10.3. The topological polar surface area (TPSA) is 35.5 Å². The molecule has 3 nitrogen and oxygen atoms in total. The Morgan fingerprint density at radius 2 is 1.85 bits per heavy atom. The zero-order valence-electron chi connectivity index (χ0n) is 8.57. The van der Waals surface area contributed by atoms with Gasteiger partial charge in [-0.05, 0) is 27.0 Å². The molecule has 0 rings (SSSR count). The third-order valence-corrected chi connectivity index (χ3v) is 5.19. The predicted molar refractivity (Wildman–Crippen MR) is 58.1 cm³/mol. The van der Waals surface area contributed by atoms with E-state index in [0.29, 0.717) is 17.9 Å². The Kier molecular flexibility index (Phi) is 6.78. The average Bonchev–Trinajstić information content (AvgIpc) is 2.07. The molecular formula is C8H17O3PS. The van der Waals surface area contributed by atoms with Crippen molar-refractivity contribution in [3.8, 4) is 0 Å². The van der Waals surface area contributed by atoms with Gasteiger partial charge in [-0.3, -0.25) is 4.57 Å². The quantitative estimate of drug-likeness (QED) is 0.647. The molecule has 78 valence electrons. The Morgan fingerprint density at radius 1 is 1.38 bits per heavy atom. The number of allylic oxidation sites excluding steroid dienone is 1. The Labute approximate surface area is 84.4 Å². The molecule has 5 heteroatoms. The first-order chi connectivity index (χ1) is 6.14. The van der Waals surface area contributed by atoms with Crippen molar-refractivity contribution in [3.63, 3.8) is 0 Å². The van der Waals surface area contributed by atoms with E-state index in [1.807, 2.05) is 13.2 Å². The van der Waals surface area contributed by atoms with Gasteiger partial charge in [-0.2, -0.15) is 0 Å². The second-order valence-corrected chi connectivity index (χ2v) is 5.31. The molecule has 0 unspecified atom stereocenters. The highest BCUT2D eigenvalue weighted by Crippen LogP contribution is 2.59. The zero-order chi connectivity index (χ0) is 10.3. The lowest BCUT2D eigenvalue weighted by Crippen LogP contribution is -1.96. The minimum absolute atomic E-state index is 0.398. The molecule has 0 fully saturated rings. The van der Waals surface area contributed by atoms with E-state index in [2.05, 4.69) is 0 Å². The highest BCUT2D eigenvalue weighted by atomic mass is 32.2.